The van der Waals surface area contributed by atoms with Crippen molar-refractivity contribution in [2.75, 3.05) is 11.9 Å². The highest BCUT2D eigenvalue weighted by Crippen LogP contribution is 2.20. The molecule has 1 heterocycles. The monoisotopic (exact) mass is 257 g/mol. The van der Waals surface area contributed by atoms with E-state index in [-0.39, 0.29) is 29.3 Å². The van der Waals surface area contributed by atoms with E-state index < -0.39 is 0 Å². The van der Waals surface area contributed by atoms with Crippen LogP contribution in [0.2, 0.25) is 5.15 Å². The Hall–Kier alpha value is -1.20. The molecule has 2 N–H and O–H groups in total. The molecule has 0 saturated carbocycles. The van der Waals surface area contributed by atoms with Gasteiger partial charge in [0.1, 0.15) is 16.8 Å². The van der Waals surface area contributed by atoms with Crippen molar-refractivity contribution in [2.45, 2.75) is 26.8 Å². The molecule has 2 atom stereocenters. The summed E-state index contributed by atoms with van der Waals surface area (Å²) >= 11 is 5.86. The molecule has 1 aromatic heterocycles. The lowest BCUT2D eigenvalue weighted by Crippen LogP contribution is -2.27. The summed E-state index contributed by atoms with van der Waals surface area (Å²) in [4.78, 5) is 19.0. The van der Waals surface area contributed by atoms with Crippen LogP contribution in [0.25, 0.3) is 0 Å². The fraction of sp³-hybridized carbons (Fsp3) is 0.545. The number of carbonyl (C=O) groups excluding carboxylic acids is 1. The van der Waals surface area contributed by atoms with Crippen LogP contribution in [-0.4, -0.2) is 34.0 Å². The van der Waals surface area contributed by atoms with E-state index in [9.17, 15) is 4.79 Å². The van der Waals surface area contributed by atoms with Crippen LogP contribution >= 0.6 is 11.6 Å². The van der Waals surface area contributed by atoms with E-state index in [1.54, 1.807) is 6.92 Å². The topological polar surface area (TPSA) is 75.1 Å². The number of rotatable bonds is 5. The summed E-state index contributed by atoms with van der Waals surface area (Å²) < 4.78 is 0. The molecule has 0 aliphatic carbocycles. The number of aliphatic hydroxyl groups is 1. The Bertz CT molecular complexity index is 412. The highest BCUT2D eigenvalue weighted by atomic mass is 35.5. The first-order valence-electron chi connectivity index (χ1n) is 5.36. The summed E-state index contributed by atoms with van der Waals surface area (Å²) in [5.74, 6) is 0.945. The number of anilines is 1. The Morgan fingerprint density at radius 1 is 1.47 bits per heavy atom. The average Bonchev–Trinajstić information content (AvgIpc) is 2.27. The fourth-order valence-electron chi connectivity index (χ4n) is 1.28. The number of carbonyl (C=O) groups is 1. The van der Waals surface area contributed by atoms with Crippen LogP contribution < -0.4 is 5.32 Å². The Balaban J connectivity index is 3.01. The summed E-state index contributed by atoms with van der Waals surface area (Å²) in [7, 11) is 0. The molecule has 1 aromatic rings. The maximum absolute atomic E-state index is 10.9. The fourth-order valence-corrected chi connectivity index (χ4v) is 1.53. The highest BCUT2D eigenvalue weighted by Gasteiger charge is 2.16. The minimum Gasteiger partial charge on any atom is -0.396 e. The lowest BCUT2D eigenvalue weighted by atomic mass is 10.1. The van der Waals surface area contributed by atoms with Crippen LogP contribution in [0.3, 0.4) is 0 Å². The number of nitrogens with one attached hydrogen (secondary N) is 1. The standard InChI is InChI=1S/C11H16ClN3O2/c1-6(4-16)7(2)13-11-9(5-17)10(12)14-8(3)15-11/h5-7,16H,4H2,1-3H3,(H,13,14,15). The van der Waals surface area contributed by atoms with Gasteiger partial charge in [0, 0.05) is 12.6 Å². The predicted octanol–water partition coefficient (Wildman–Crippen LogP) is 1.68. The quantitative estimate of drug-likeness (QED) is 0.620. The summed E-state index contributed by atoms with van der Waals surface area (Å²) in [6, 6.07) is -0.0240. The molecule has 0 amide bonds. The van der Waals surface area contributed by atoms with Crippen molar-refractivity contribution in [3.63, 3.8) is 0 Å². The van der Waals surface area contributed by atoms with Gasteiger partial charge in [-0.3, -0.25) is 4.79 Å². The van der Waals surface area contributed by atoms with Crippen molar-refractivity contribution in [1.82, 2.24) is 9.97 Å². The van der Waals surface area contributed by atoms with Gasteiger partial charge in [0.15, 0.2) is 6.29 Å². The first-order valence-corrected chi connectivity index (χ1v) is 5.74. The van der Waals surface area contributed by atoms with E-state index in [1.807, 2.05) is 13.8 Å². The van der Waals surface area contributed by atoms with Crippen LogP contribution in [-0.2, 0) is 0 Å². The summed E-state index contributed by atoms with van der Waals surface area (Å²) in [5.41, 5.74) is 0.245. The van der Waals surface area contributed by atoms with Gasteiger partial charge in [0.25, 0.3) is 0 Å². The molecule has 0 saturated heterocycles. The maximum Gasteiger partial charge on any atom is 0.156 e. The second-order valence-corrected chi connectivity index (χ2v) is 4.39. The van der Waals surface area contributed by atoms with E-state index in [0.29, 0.717) is 17.9 Å². The average molecular weight is 258 g/mol. The molecule has 0 fully saturated rings. The van der Waals surface area contributed by atoms with E-state index in [4.69, 9.17) is 16.7 Å². The molecule has 0 radical (unpaired) electrons. The molecule has 0 aliphatic heterocycles. The van der Waals surface area contributed by atoms with E-state index >= 15 is 0 Å². The maximum atomic E-state index is 10.9. The molecule has 94 valence electrons. The van der Waals surface area contributed by atoms with Gasteiger partial charge in [0.05, 0.1) is 5.56 Å². The third-order valence-corrected chi connectivity index (χ3v) is 2.92. The molecule has 17 heavy (non-hydrogen) atoms. The largest absolute Gasteiger partial charge is 0.396 e. The lowest BCUT2D eigenvalue weighted by Gasteiger charge is -2.20. The van der Waals surface area contributed by atoms with Gasteiger partial charge in [-0.25, -0.2) is 9.97 Å². The number of halogens is 1. The molecular weight excluding hydrogens is 242 g/mol. The molecule has 0 bridgehead atoms. The number of aromatic nitrogens is 2. The van der Waals surface area contributed by atoms with Gasteiger partial charge in [-0.05, 0) is 19.8 Å². The van der Waals surface area contributed by atoms with Crippen molar-refractivity contribution in [1.29, 1.82) is 0 Å². The number of aryl methyl sites for hydroxylation is 1. The van der Waals surface area contributed by atoms with E-state index in [1.165, 1.54) is 0 Å². The number of hydrogen-bond donors (Lipinski definition) is 2. The number of nitrogens with zero attached hydrogens (tertiary/aromatic N) is 2. The van der Waals surface area contributed by atoms with E-state index in [0.717, 1.165) is 0 Å². The number of hydrogen-bond acceptors (Lipinski definition) is 5. The van der Waals surface area contributed by atoms with E-state index in [2.05, 4.69) is 15.3 Å². The molecule has 2 unspecified atom stereocenters. The van der Waals surface area contributed by atoms with Gasteiger partial charge in [-0.2, -0.15) is 0 Å². The summed E-state index contributed by atoms with van der Waals surface area (Å²) in [5, 5.41) is 12.3. The first-order chi connectivity index (χ1) is 7.99. The minimum absolute atomic E-state index is 0.0240. The van der Waals surface area contributed by atoms with Gasteiger partial charge in [-0.15, -0.1) is 0 Å². The minimum atomic E-state index is -0.0240. The van der Waals surface area contributed by atoms with Gasteiger partial charge in [-0.1, -0.05) is 18.5 Å². The molecule has 1 rings (SSSR count). The zero-order valence-corrected chi connectivity index (χ0v) is 10.8. The Labute approximate surface area is 105 Å². The van der Waals surface area contributed by atoms with Gasteiger partial charge >= 0.3 is 0 Å². The normalized spacial score (nSPS) is 14.2. The zero-order chi connectivity index (χ0) is 13.0. The number of aldehydes is 1. The molecule has 0 aliphatic rings. The van der Waals surface area contributed by atoms with Crippen molar-refractivity contribution in [3.05, 3.63) is 16.5 Å². The molecule has 5 nitrogen and oxygen atoms in total. The van der Waals surface area contributed by atoms with Crippen LogP contribution in [0, 0.1) is 12.8 Å². The molecule has 6 heteroatoms. The van der Waals surface area contributed by atoms with Crippen molar-refractivity contribution in [3.8, 4) is 0 Å². The third kappa shape index (κ3) is 3.38. The molecule has 0 aromatic carbocycles. The molecular formula is C11H16ClN3O2. The van der Waals surface area contributed by atoms with Crippen LogP contribution in [0.15, 0.2) is 0 Å². The predicted molar refractivity (Wildman–Crippen MR) is 66.5 cm³/mol. The number of aliphatic hydroxyl groups excluding tert-OH is 1. The Morgan fingerprint density at radius 2 is 2.12 bits per heavy atom. The van der Waals surface area contributed by atoms with Crippen molar-refractivity contribution < 1.29 is 9.90 Å². The molecule has 0 spiro atoms. The Kier molecular flexibility index (Phi) is 4.84. The first kappa shape index (κ1) is 13.9. The summed E-state index contributed by atoms with van der Waals surface area (Å²) in [6.45, 7) is 5.56. The summed E-state index contributed by atoms with van der Waals surface area (Å²) in [6.07, 6.45) is 0.625. The second-order valence-electron chi connectivity index (χ2n) is 4.03. The van der Waals surface area contributed by atoms with Gasteiger partial charge < -0.3 is 10.4 Å². The highest BCUT2D eigenvalue weighted by molar-refractivity contribution is 6.32. The van der Waals surface area contributed by atoms with Crippen molar-refractivity contribution in [2.24, 2.45) is 5.92 Å². The van der Waals surface area contributed by atoms with Crippen molar-refractivity contribution >= 4 is 23.7 Å². The zero-order valence-electron chi connectivity index (χ0n) is 10.1. The SMILES string of the molecule is Cc1nc(Cl)c(C=O)c(NC(C)C(C)CO)n1. The lowest BCUT2D eigenvalue weighted by molar-refractivity contribution is 0.112. The second kappa shape index (κ2) is 5.93. The van der Waals surface area contributed by atoms with Crippen LogP contribution in [0.1, 0.15) is 30.0 Å². The van der Waals surface area contributed by atoms with Crippen LogP contribution in [0.5, 0.6) is 0 Å². The van der Waals surface area contributed by atoms with Crippen LogP contribution in [0.4, 0.5) is 5.82 Å². The third-order valence-electron chi connectivity index (χ3n) is 2.63. The smallest absolute Gasteiger partial charge is 0.156 e. The Morgan fingerprint density at radius 3 is 2.65 bits per heavy atom. The van der Waals surface area contributed by atoms with Gasteiger partial charge in [0.2, 0.25) is 0 Å².